The number of aromatic nitrogens is 2. The van der Waals surface area contributed by atoms with Gasteiger partial charge in [-0.25, -0.2) is 4.98 Å². The molecule has 2 aromatic rings. The van der Waals surface area contributed by atoms with Crippen LogP contribution in [-0.2, 0) is 4.74 Å². The number of carbonyl (C=O) groups is 1. The van der Waals surface area contributed by atoms with Crippen molar-refractivity contribution in [1.82, 2.24) is 14.9 Å². The summed E-state index contributed by atoms with van der Waals surface area (Å²) in [7, 11) is 0. The van der Waals surface area contributed by atoms with Gasteiger partial charge >= 0.3 is 0 Å². The van der Waals surface area contributed by atoms with E-state index in [0.717, 1.165) is 56.3 Å². The van der Waals surface area contributed by atoms with Crippen molar-refractivity contribution in [2.45, 2.75) is 38.6 Å². The first-order valence-electron chi connectivity index (χ1n) is 10.1. The van der Waals surface area contributed by atoms with Crippen molar-refractivity contribution in [2.75, 3.05) is 38.2 Å². The van der Waals surface area contributed by atoms with Gasteiger partial charge in [-0.15, -0.1) is 0 Å². The first kappa shape index (κ1) is 19.6. The molecular weight excluding hydrogens is 376 g/mol. The maximum atomic E-state index is 12.2. The Hall–Kier alpha value is -1.76. The van der Waals surface area contributed by atoms with Gasteiger partial charge in [-0.2, -0.15) is 0 Å². The lowest BCUT2D eigenvalue weighted by Crippen LogP contribution is -2.40. The largest absolute Gasteiger partial charge is 0.380 e. The fraction of sp³-hybridized carbons (Fsp3) is 0.571. The Morgan fingerprint density at radius 3 is 2.71 bits per heavy atom. The van der Waals surface area contributed by atoms with Crippen LogP contribution >= 0.6 is 11.6 Å². The number of Topliss-reactive ketones (excluding diaryl/α,β-unsaturated/α-hetero) is 1. The van der Waals surface area contributed by atoms with Crippen LogP contribution in [0.5, 0.6) is 0 Å². The Morgan fingerprint density at radius 1 is 1.25 bits per heavy atom. The highest BCUT2D eigenvalue weighted by Gasteiger charge is 2.25. The smallest absolute Gasteiger partial charge is 0.163 e. The van der Waals surface area contributed by atoms with Crippen molar-refractivity contribution in [3.05, 3.63) is 29.0 Å². The van der Waals surface area contributed by atoms with E-state index in [1.54, 1.807) is 19.2 Å². The van der Waals surface area contributed by atoms with Gasteiger partial charge in [-0.05, 0) is 50.7 Å². The summed E-state index contributed by atoms with van der Waals surface area (Å²) < 4.78 is 5.45. The number of pyridine rings is 2. The predicted molar refractivity (Wildman–Crippen MR) is 111 cm³/mol. The van der Waals surface area contributed by atoms with Crippen LogP contribution in [0.15, 0.2) is 18.3 Å². The molecule has 0 unspecified atom stereocenters. The number of nitrogens with one attached hydrogen (secondary N) is 1. The van der Waals surface area contributed by atoms with Crippen LogP contribution in [0.1, 0.15) is 43.0 Å². The van der Waals surface area contributed by atoms with E-state index in [9.17, 15) is 4.79 Å². The van der Waals surface area contributed by atoms with Crippen LogP contribution in [-0.4, -0.2) is 59.5 Å². The van der Waals surface area contributed by atoms with Crippen LogP contribution in [0, 0.1) is 5.92 Å². The summed E-state index contributed by atoms with van der Waals surface area (Å²) in [6.07, 6.45) is 6.23. The third kappa shape index (κ3) is 4.45. The van der Waals surface area contributed by atoms with Crippen LogP contribution in [0.3, 0.4) is 0 Å². The number of anilines is 1. The Balaban J connectivity index is 1.46. The molecule has 2 fully saturated rings. The van der Waals surface area contributed by atoms with E-state index in [2.05, 4.69) is 20.2 Å². The van der Waals surface area contributed by atoms with Gasteiger partial charge in [0.15, 0.2) is 5.78 Å². The molecule has 2 aliphatic rings. The van der Waals surface area contributed by atoms with Crippen molar-refractivity contribution in [3.8, 4) is 0 Å². The molecule has 1 saturated heterocycles. The number of hydrogen-bond acceptors (Lipinski definition) is 6. The minimum Gasteiger partial charge on any atom is -0.380 e. The summed E-state index contributed by atoms with van der Waals surface area (Å²) in [5, 5.41) is 4.02. The zero-order valence-electron chi connectivity index (χ0n) is 16.3. The van der Waals surface area contributed by atoms with Gasteiger partial charge in [-0.1, -0.05) is 11.6 Å². The predicted octanol–water partition coefficient (Wildman–Crippen LogP) is 3.79. The maximum absolute atomic E-state index is 12.2. The third-order valence-corrected chi connectivity index (χ3v) is 6.08. The molecule has 1 aliphatic carbocycles. The number of ether oxygens (including phenoxy) is 1. The standard InChI is InChI=1S/C21H27ClN4O2/c1-14(27)17-12-23-18-6-7-19(22)25-21(18)20(17)24-16-4-2-15(3-5-16)13-26-8-10-28-11-9-26/h6-7,12,15-16H,2-5,8-11,13H2,1H3,(H,23,24). The molecule has 150 valence electrons. The van der Waals surface area contributed by atoms with E-state index in [0.29, 0.717) is 22.3 Å². The first-order chi connectivity index (χ1) is 13.6. The van der Waals surface area contributed by atoms with Crippen LogP contribution in [0.2, 0.25) is 5.15 Å². The molecule has 0 spiro atoms. The highest BCUT2D eigenvalue weighted by Crippen LogP contribution is 2.32. The summed E-state index contributed by atoms with van der Waals surface area (Å²) >= 11 is 6.11. The lowest BCUT2D eigenvalue weighted by molar-refractivity contribution is 0.0276. The Kier molecular flexibility index (Phi) is 6.09. The zero-order valence-corrected chi connectivity index (χ0v) is 17.0. The van der Waals surface area contributed by atoms with E-state index in [4.69, 9.17) is 16.3 Å². The van der Waals surface area contributed by atoms with Crippen molar-refractivity contribution in [1.29, 1.82) is 0 Å². The molecule has 1 saturated carbocycles. The molecule has 1 N–H and O–H groups in total. The molecule has 28 heavy (non-hydrogen) atoms. The fourth-order valence-corrected chi connectivity index (χ4v) is 4.45. The molecule has 0 amide bonds. The van der Waals surface area contributed by atoms with Crippen molar-refractivity contribution >= 4 is 34.1 Å². The van der Waals surface area contributed by atoms with Crippen LogP contribution < -0.4 is 5.32 Å². The van der Waals surface area contributed by atoms with Gasteiger partial charge in [0.25, 0.3) is 0 Å². The van der Waals surface area contributed by atoms with Crippen molar-refractivity contribution in [2.24, 2.45) is 5.92 Å². The van der Waals surface area contributed by atoms with E-state index < -0.39 is 0 Å². The van der Waals surface area contributed by atoms with Gasteiger partial charge in [0.1, 0.15) is 10.7 Å². The Morgan fingerprint density at radius 2 is 2.00 bits per heavy atom. The molecule has 4 rings (SSSR count). The molecule has 7 heteroatoms. The number of nitrogens with zero attached hydrogens (tertiary/aromatic N) is 3. The van der Waals surface area contributed by atoms with Crippen LogP contribution in [0.4, 0.5) is 5.69 Å². The quantitative estimate of drug-likeness (QED) is 0.606. The van der Waals surface area contributed by atoms with Gasteiger partial charge < -0.3 is 10.1 Å². The fourth-order valence-electron chi connectivity index (χ4n) is 4.30. The average molecular weight is 403 g/mol. The van der Waals surface area contributed by atoms with E-state index in [-0.39, 0.29) is 5.78 Å². The molecule has 0 atom stereocenters. The van der Waals surface area contributed by atoms with E-state index >= 15 is 0 Å². The van der Waals surface area contributed by atoms with Gasteiger partial charge in [-0.3, -0.25) is 14.7 Å². The summed E-state index contributed by atoms with van der Waals surface area (Å²) in [6.45, 7) is 6.55. The topological polar surface area (TPSA) is 67.4 Å². The molecule has 2 aromatic heterocycles. The highest BCUT2D eigenvalue weighted by molar-refractivity contribution is 6.30. The monoisotopic (exact) mass is 402 g/mol. The summed E-state index contributed by atoms with van der Waals surface area (Å²) in [4.78, 5) is 23.5. The van der Waals surface area contributed by atoms with Gasteiger partial charge in [0, 0.05) is 31.9 Å². The number of halogens is 1. The second kappa shape index (κ2) is 8.72. The number of rotatable bonds is 5. The number of morpholine rings is 1. The van der Waals surface area contributed by atoms with Crippen molar-refractivity contribution in [3.63, 3.8) is 0 Å². The van der Waals surface area contributed by atoms with Gasteiger partial charge in [0.05, 0.1) is 30.0 Å². The lowest BCUT2D eigenvalue weighted by Gasteiger charge is -2.35. The molecule has 0 aromatic carbocycles. The summed E-state index contributed by atoms with van der Waals surface area (Å²) in [5.41, 5.74) is 2.78. The van der Waals surface area contributed by atoms with E-state index in [1.165, 1.54) is 19.4 Å². The second-order valence-electron chi connectivity index (χ2n) is 7.88. The minimum atomic E-state index is -0.0142. The SMILES string of the molecule is CC(=O)c1cnc2ccc(Cl)nc2c1NC1CCC(CN2CCOCC2)CC1. The third-order valence-electron chi connectivity index (χ3n) is 5.87. The number of fused-ring (bicyclic) bond motifs is 1. The van der Waals surface area contributed by atoms with Crippen LogP contribution in [0.25, 0.3) is 11.0 Å². The summed E-state index contributed by atoms with van der Waals surface area (Å²) in [6, 6.07) is 3.91. The molecule has 0 bridgehead atoms. The molecular formula is C21H27ClN4O2. The molecule has 6 nitrogen and oxygen atoms in total. The summed E-state index contributed by atoms with van der Waals surface area (Å²) in [5.74, 6) is 0.727. The Labute approximate surface area is 170 Å². The zero-order chi connectivity index (χ0) is 19.5. The Bertz CT molecular complexity index is 846. The first-order valence-corrected chi connectivity index (χ1v) is 10.5. The highest BCUT2D eigenvalue weighted by atomic mass is 35.5. The number of ketones is 1. The lowest BCUT2D eigenvalue weighted by atomic mass is 9.85. The molecule has 0 radical (unpaired) electrons. The minimum absolute atomic E-state index is 0.0142. The average Bonchev–Trinajstić information content (AvgIpc) is 2.70. The maximum Gasteiger partial charge on any atom is 0.163 e. The van der Waals surface area contributed by atoms with Crippen molar-refractivity contribution < 1.29 is 9.53 Å². The van der Waals surface area contributed by atoms with E-state index in [1.807, 2.05) is 6.07 Å². The second-order valence-corrected chi connectivity index (χ2v) is 8.27. The molecule has 3 heterocycles. The number of carbonyl (C=O) groups excluding carboxylic acids is 1. The van der Waals surface area contributed by atoms with Gasteiger partial charge in [0.2, 0.25) is 0 Å². The molecule has 1 aliphatic heterocycles. The normalized spacial score (nSPS) is 23.6. The number of hydrogen-bond donors (Lipinski definition) is 1.